The number of hydrogen-bond acceptors (Lipinski definition) is 4. The van der Waals surface area contributed by atoms with Crippen molar-refractivity contribution in [3.05, 3.63) is 75.8 Å². The summed E-state index contributed by atoms with van der Waals surface area (Å²) in [4.78, 5) is 12.3. The monoisotopic (exact) mass is 416 g/mol. The minimum absolute atomic E-state index is 0.0691. The van der Waals surface area contributed by atoms with Crippen LogP contribution in [-0.2, 0) is 11.3 Å². The van der Waals surface area contributed by atoms with Crippen LogP contribution < -0.4 is 14.8 Å². The zero-order valence-electron chi connectivity index (χ0n) is 15.2. The number of amides is 1. The van der Waals surface area contributed by atoms with Crippen molar-refractivity contribution in [2.45, 2.75) is 6.54 Å². The third-order valence-electron chi connectivity index (χ3n) is 3.65. The number of nitriles is 1. The summed E-state index contributed by atoms with van der Waals surface area (Å²) in [5, 5.41) is 12.6. The molecule has 0 radical (unpaired) electrons. The largest absolute Gasteiger partial charge is 0.497 e. The predicted octanol–water partition coefficient (Wildman–Crippen LogP) is 4.79. The Labute approximate surface area is 173 Å². The maximum atomic E-state index is 12.3. The Morgan fingerprint density at radius 3 is 2.43 bits per heavy atom. The quantitative estimate of drug-likeness (QED) is 0.381. The maximum Gasteiger partial charge on any atom is 0.262 e. The summed E-state index contributed by atoms with van der Waals surface area (Å²) < 4.78 is 10.5. The van der Waals surface area contributed by atoms with Gasteiger partial charge in [-0.05, 0) is 41.5 Å². The molecule has 2 aromatic rings. The molecule has 0 fully saturated rings. The second-order valence-corrected chi connectivity index (χ2v) is 6.43. The van der Waals surface area contributed by atoms with Crippen LogP contribution in [0.15, 0.2) is 54.6 Å². The summed E-state index contributed by atoms with van der Waals surface area (Å²) in [6.45, 7) is 4.09. The fourth-order valence-corrected chi connectivity index (χ4v) is 2.89. The van der Waals surface area contributed by atoms with Crippen molar-refractivity contribution in [3.63, 3.8) is 0 Å². The van der Waals surface area contributed by atoms with Gasteiger partial charge in [-0.3, -0.25) is 4.79 Å². The Balaban J connectivity index is 2.12. The molecule has 0 atom stereocenters. The van der Waals surface area contributed by atoms with Gasteiger partial charge in [0, 0.05) is 6.54 Å². The maximum absolute atomic E-state index is 12.3. The molecule has 28 heavy (non-hydrogen) atoms. The highest BCUT2D eigenvalue weighted by Crippen LogP contribution is 2.34. The third kappa shape index (κ3) is 5.78. The number of ether oxygens (including phenoxy) is 2. The minimum atomic E-state index is -0.502. The Morgan fingerprint density at radius 1 is 1.25 bits per heavy atom. The molecule has 144 valence electrons. The second-order valence-electron chi connectivity index (χ2n) is 5.61. The number of methoxy groups -OCH3 is 1. The van der Waals surface area contributed by atoms with E-state index in [0.29, 0.717) is 11.3 Å². The Bertz CT molecular complexity index is 909. The molecule has 0 aliphatic heterocycles. The van der Waals surface area contributed by atoms with E-state index in [1.165, 1.54) is 6.08 Å². The summed E-state index contributed by atoms with van der Waals surface area (Å²) in [6.07, 6.45) is 2.99. The number of carbonyl (C=O) groups is 1. The van der Waals surface area contributed by atoms with Crippen LogP contribution in [-0.4, -0.2) is 19.6 Å². The highest BCUT2D eigenvalue weighted by molar-refractivity contribution is 6.37. The molecule has 2 rings (SSSR count). The normalized spacial score (nSPS) is 10.7. The fraction of sp³-hybridized carbons (Fsp3) is 0.143. The minimum Gasteiger partial charge on any atom is -0.497 e. The molecule has 0 unspecified atom stereocenters. The van der Waals surface area contributed by atoms with E-state index in [-0.39, 0.29) is 28.8 Å². The van der Waals surface area contributed by atoms with E-state index in [9.17, 15) is 10.1 Å². The van der Waals surface area contributed by atoms with Crippen LogP contribution in [0, 0.1) is 11.3 Å². The molecule has 0 heterocycles. The Hall–Kier alpha value is -2.94. The Kier molecular flexibility index (Phi) is 7.94. The second kappa shape index (κ2) is 10.4. The predicted molar refractivity (Wildman–Crippen MR) is 111 cm³/mol. The standard InChI is InChI=1S/C21H18Cl2N2O3/c1-3-8-28-20-18(22)10-15(11-19(20)23)9-16(12-24)21(26)25-13-14-4-6-17(27-2)7-5-14/h3-7,9-11H,1,8,13H2,2H3,(H,25,26)/b16-9-. The molecular weight excluding hydrogens is 399 g/mol. The molecule has 0 saturated heterocycles. The lowest BCUT2D eigenvalue weighted by molar-refractivity contribution is -0.117. The zero-order chi connectivity index (χ0) is 20.5. The Morgan fingerprint density at radius 2 is 1.89 bits per heavy atom. The molecule has 1 N–H and O–H groups in total. The van der Waals surface area contributed by atoms with Crippen LogP contribution in [0.3, 0.4) is 0 Å². The van der Waals surface area contributed by atoms with Gasteiger partial charge in [-0.2, -0.15) is 5.26 Å². The molecule has 7 heteroatoms. The van der Waals surface area contributed by atoms with Gasteiger partial charge in [0.2, 0.25) is 0 Å². The van der Waals surface area contributed by atoms with Crippen molar-refractivity contribution in [2.24, 2.45) is 0 Å². The molecule has 0 aromatic heterocycles. The van der Waals surface area contributed by atoms with Crippen LogP contribution in [0.5, 0.6) is 11.5 Å². The van der Waals surface area contributed by atoms with Gasteiger partial charge in [-0.15, -0.1) is 0 Å². The van der Waals surface area contributed by atoms with E-state index in [0.717, 1.165) is 11.3 Å². The summed E-state index contributed by atoms with van der Waals surface area (Å²) in [5.41, 5.74) is 1.32. The number of nitrogens with zero attached hydrogens (tertiary/aromatic N) is 1. The van der Waals surface area contributed by atoms with Crippen LogP contribution in [0.25, 0.3) is 6.08 Å². The first-order valence-corrected chi connectivity index (χ1v) is 8.99. The first-order chi connectivity index (χ1) is 13.5. The molecule has 0 bridgehead atoms. The lowest BCUT2D eigenvalue weighted by Crippen LogP contribution is -2.23. The van der Waals surface area contributed by atoms with E-state index >= 15 is 0 Å². The van der Waals surface area contributed by atoms with Gasteiger partial charge in [0.1, 0.15) is 24.0 Å². The van der Waals surface area contributed by atoms with Crippen molar-refractivity contribution in [1.29, 1.82) is 5.26 Å². The lowest BCUT2D eigenvalue weighted by Gasteiger charge is -2.09. The smallest absolute Gasteiger partial charge is 0.262 e. The number of nitrogens with one attached hydrogen (secondary N) is 1. The van der Waals surface area contributed by atoms with Gasteiger partial charge in [0.25, 0.3) is 5.91 Å². The number of benzene rings is 2. The summed E-state index contributed by atoms with van der Waals surface area (Å²) in [5.74, 6) is 0.544. The van der Waals surface area contributed by atoms with E-state index in [1.807, 2.05) is 18.2 Å². The lowest BCUT2D eigenvalue weighted by atomic mass is 10.1. The summed E-state index contributed by atoms with van der Waals surface area (Å²) >= 11 is 12.4. The van der Waals surface area contributed by atoms with Gasteiger partial charge in [-0.25, -0.2) is 0 Å². The van der Waals surface area contributed by atoms with Crippen LogP contribution >= 0.6 is 23.2 Å². The van der Waals surface area contributed by atoms with Gasteiger partial charge in [0.15, 0.2) is 5.75 Å². The molecular formula is C21H18Cl2N2O3. The SMILES string of the molecule is C=CCOc1c(Cl)cc(/C=C(/C#N)C(=O)NCc2ccc(OC)cc2)cc1Cl. The summed E-state index contributed by atoms with van der Waals surface area (Å²) in [7, 11) is 1.58. The average molecular weight is 417 g/mol. The average Bonchev–Trinajstić information content (AvgIpc) is 2.70. The van der Waals surface area contributed by atoms with Gasteiger partial charge < -0.3 is 14.8 Å². The van der Waals surface area contributed by atoms with E-state index in [1.54, 1.807) is 37.5 Å². The van der Waals surface area contributed by atoms with Gasteiger partial charge >= 0.3 is 0 Å². The number of carbonyl (C=O) groups excluding carboxylic acids is 1. The van der Waals surface area contributed by atoms with Crippen molar-refractivity contribution >= 4 is 35.2 Å². The van der Waals surface area contributed by atoms with Crippen LogP contribution in [0.1, 0.15) is 11.1 Å². The molecule has 0 saturated carbocycles. The number of hydrogen-bond donors (Lipinski definition) is 1. The van der Waals surface area contributed by atoms with E-state index in [2.05, 4.69) is 11.9 Å². The molecule has 0 aliphatic rings. The van der Waals surface area contributed by atoms with E-state index in [4.69, 9.17) is 32.7 Å². The molecule has 1 amide bonds. The topological polar surface area (TPSA) is 71.3 Å². The number of halogens is 2. The van der Waals surface area contributed by atoms with E-state index < -0.39 is 5.91 Å². The first-order valence-electron chi connectivity index (χ1n) is 8.24. The van der Waals surface area contributed by atoms with Crippen molar-refractivity contribution in [2.75, 3.05) is 13.7 Å². The molecule has 0 aliphatic carbocycles. The molecule has 5 nitrogen and oxygen atoms in total. The molecule has 2 aromatic carbocycles. The highest BCUT2D eigenvalue weighted by Gasteiger charge is 2.12. The van der Waals surface area contributed by atoms with Gasteiger partial charge in [0.05, 0.1) is 17.2 Å². The van der Waals surface area contributed by atoms with Crippen LogP contribution in [0.2, 0.25) is 10.0 Å². The van der Waals surface area contributed by atoms with Crippen molar-refractivity contribution in [1.82, 2.24) is 5.32 Å². The van der Waals surface area contributed by atoms with Crippen LogP contribution in [0.4, 0.5) is 0 Å². The zero-order valence-corrected chi connectivity index (χ0v) is 16.7. The number of rotatable bonds is 8. The highest BCUT2D eigenvalue weighted by atomic mass is 35.5. The van der Waals surface area contributed by atoms with Crippen molar-refractivity contribution < 1.29 is 14.3 Å². The molecule has 0 spiro atoms. The van der Waals surface area contributed by atoms with Gasteiger partial charge in [-0.1, -0.05) is 48.0 Å². The van der Waals surface area contributed by atoms with Crippen molar-refractivity contribution in [3.8, 4) is 17.6 Å². The first kappa shape index (κ1) is 21.4. The fourth-order valence-electron chi connectivity index (χ4n) is 2.28. The summed E-state index contributed by atoms with van der Waals surface area (Å²) in [6, 6.07) is 12.3. The third-order valence-corrected chi connectivity index (χ3v) is 4.22.